The van der Waals surface area contributed by atoms with Crippen molar-refractivity contribution in [3.8, 4) is 0 Å². The highest BCUT2D eigenvalue weighted by Gasteiger charge is 2.70. The topological polar surface area (TPSA) is 194 Å². The van der Waals surface area contributed by atoms with Crippen LogP contribution in [0.15, 0.2) is 0 Å². The van der Waals surface area contributed by atoms with E-state index in [1.807, 2.05) is 14.0 Å². The van der Waals surface area contributed by atoms with E-state index in [0.29, 0.717) is 6.42 Å². The molecular formula is C43H77NO13. The molecule has 57 heavy (non-hydrogen) atoms. The predicted octanol–water partition coefficient (Wildman–Crippen LogP) is 3.59. The highest BCUT2D eigenvalue weighted by Crippen LogP contribution is 2.51. The summed E-state index contributed by atoms with van der Waals surface area (Å²) in [6, 6.07) is -0.336. The molecule has 0 aromatic rings. The number of methoxy groups -OCH3 is 1. The van der Waals surface area contributed by atoms with Gasteiger partial charge in [-0.3, -0.25) is 9.59 Å². The number of nitrogens with zero attached hydrogens (tertiary/aromatic N) is 1. The average Bonchev–Trinajstić information content (AvgIpc) is 3.66. The van der Waals surface area contributed by atoms with Crippen molar-refractivity contribution in [2.75, 3.05) is 20.7 Å². The molecule has 3 heterocycles. The van der Waals surface area contributed by atoms with Gasteiger partial charge in [0, 0.05) is 49.8 Å². The standard InChI is InChI=1S/C43H77NO13/c1-15-16-17-40(9,10)21-44(13)29-18-23(3)53-39(32(29)46)57-36-25(5)33(55-30-20-42(12,52-14)35(48)28(8)54-30)26(6)38(49)56-37-27(7)43(37,51)34(47)24(4)31(45)22(2)19-41(36,11)50/h22-30,32-37,39,46-48,50-51H,15-21H2,1-14H3/t22-,23?,24+,25+,26-,27?,28?,29?,30?,32?,33+,34-,35?,36-,37-,39?,41?,42?,43+/m1/s1. The summed E-state index contributed by atoms with van der Waals surface area (Å²) in [6.07, 6.45) is -6.46. The molecule has 10 unspecified atom stereocenters. The van der Waals surface area contributed by atoms with Crippen molar-refractivity contribution in [3.05, 3.63) is 0 Å². The average molecular weight is 816 g/mol. The number of hydrogen-bond acceptors (Lipinski definition) is 14. The van der Waals surface area contributed by atoms with Gasteiger partial charge in [0.2, 0.25) is 0 Å². The minimum absolute atomic E-state index is 0.00403. The Morgan fingerprint density at radius 1 is 0.912 bits per heavy atom. The molecule has 14 heteroatoms. The molecule has 0 aromatic carbocycles. The largest absolute Gasteiger partial charge is 0.458 e. The molecule has 332 valence electrons. The third-order valence-corrected chi connectivity index (χ3v) is 14.0. The van der Waals surface area contributed by atoms with Crippen LogP contribution in [0.2, 0.25) is 0 Å². The van der Waals surface area contributed by atoms with Crippen LogP contribution in [0.1, 0.15) is 122 Å². The van der Waals surface area contributed by atoms with E-state index < -0.39 is 108 Å². The third kappa shape index (κ3) is 10.3. The van der Waals surface area contributed by atoms with Crippen LogP contribution in [0.25, 0.3) is 0 Å². The van der Waals surface area contributed by atoms with E-state index in [9.17, 15) is 35.1 Å². The van der Waals surface area contributed by atoms with E-state index in [-0.39, 0.29) is 36.2 Å². The van der Waals surface area contributed by atoms with E-state index in [2.05, 4.69) is 25.7 Å². The fourth-order valence-electron chi connectivity index (χ4n) is 10.1. The summed E-state index contributed by atoms with van der Waals surface area (Å²) in [5.41, 5.74) is -4.70. The first-order chi connectivity index (χ1) is 26.3. The van der Waals surface area contributed by atoms with Gasteiger partial charge in [0.05, 0.1) is 47.6 Å². The number of likely N-dealkylation sites (N-methyl/N-ethyl adjacent to an activating group) is 1. The molecule has 0 aromatic heterocycles. The van der Waals surface area contributed by atoms with Gasteiger partial charge in [-0.2, -0.15) is 0 Å². The van der Waals surface area contributed by atoms with Crippen LogP contribution in [-0.2, 0) is 38.0 Å². The molecule has 3 saturated heterocycles. The van der Waals surface area contributed by atoms with Gasteiger partial charge in [-0.15, -0.1) is 0 Å². The van der Waals surface area contributed by atoms with E-state index in [1.54, 1.807) is 48.5 Å². The second-order valence-corrected chi connectivity index (χ2v) is 19.7. The maximum absolute atomic E-state index is 14.1. The van der Waals surface area contributed by atoms with Crippen molar-refractivity contribution < 1.29 is 63.5 Å². The van der Waals surface area contributed by atoms with E-state index in [0.717, 1.165) is 25.8 Å². The van der Waals surface area contributed by atoms with E-state index in [4.69, 9.17) is 28.4 Å². The SMILES string of the molecule is CCCCC(C)(C)CN(C)C1CC(C)OC(O[C@@H]2[C@@H](C)[C@H](OC3CC(C)(OC)C(O)C(C)O3)[C@@H](C)C(=O)O[C@@H]3C(C)[C@]3(O)[C@H](O)[C@@H](C)C(=O)[C@H](C)CC2(C)O)C1O. The number of ether oxygens (including phenoxy) is 6. The van der Waals surface area contributed by atoms with Gasteiger partial charge < -0.3 is 58.9 Å². The minimum Gasteiger partial charge on any atom is -0.458 e. The van der Waals surface area contributed by atoms with Gasteiger partial charge in [-0.25, -0.2) is 0 Å². The number of Topliss-reactive ketones (excluding diaryl/α,β-unsaturated/α-hetero) is 1. The lowest BCUT2D eigenvalue weighted by molar-refractivity contribution is -0.318. The second-order valence-electron chi connectivity index (χ2n) is 19.7. The molecule has 1 saturated carbocycles. The Bertz CT molecular complexity index is 1360. The highest BCUT2D eigenvalue weighted by molar-refractivity contribution is 5.84. The zero-order valence-electron chi connectivity index (χ0n) is 37.1. The van der Waals surface area contributed by atoms with Gasteiger partial charge in [0.25, 0.3) is 0 Å². The lowest BCUT2D eigenvalue weighted by Gasteiger charge is -2.49. The van der Waals surface area contributed by atoms with Crippen molar-refractivity contribution in [2.45, 2.75) is 206 Å². The van der Waals surface area contributed by atoms with Crippen molar-refractivity contribution in [3.63, 3.8) is 0 Å². The van der Waals surface area contributed by atoms with Crippen molar-refractivity contribution >= 4 is 11.8 Å². The number of ketones is 1. The van der Waals surface area contributed by atoms with Crippen LogP contribution in [-0.4, -0.2) is 147 Å². The Morgan fingerprint density at radius 3 is 2.14 bits per heavy atom. The first kappa shape index (κ1) is 48.4. The Kier molecular flexibility index (Phi) is 15.6. The number of hydrogen-bond donors (Lipinski definition) is 5. The Hall–Kier alpha value is -1.30. The van der Waals surface area contributed by atoms with Crippen molar-refractivity contribution in [1.29, 1.82) is 0 Å². The molecule has 1 aliphatic carbocycles. The molecule has 14 nitrogen and oxygen atoms in total. The van der Waals surface area contributed by atoms with E-state index >= 15 is 0 Å². The van der Waals surface area contributed by atoms with Crippen LogP contribution in [0, 0.1) is 35.0 Å². The molecule has 0 radical (unpaired) electrons. The smallest absolute Gasteiger partial charge is 0.311 e. The van der Waals surface area contributed by atoms with Crippen LogP contribution in [0.3, 0.4) is 0 Å². The minimum atomic E-state index is -1.84. The Labute approximate surface area is 341 Å². The second kappa shape index (κ2) is 18.4. The lowest BCUT2D eigenvalue weighted by Crippen LogP contribution is -2.61. The summed E-state index contributed by atoms with van der Waals surface area (Å²) < 4.78 is 37.6. The van der Waals surface area contributed by atoms with Crippen LogP contribution in [0.5, 0.6) is 0 Å². The molecule has 5 N–H and O–H groups in total. The number of unbranched alkanes of at least 4 members (excludes halogenated alkanes) is 1. The number of carbonyl (C=O) groups is 2. The zero-order chi connectivity index (χ0) is 43.2. The highest BCUT2D eigenvalue weighted by atomic mass is 16.7. The molecule has 4 aliphatic rings. The Balaban J connectivity index is 1.77. The molecule has 0 amide bonds. The van der Waals surface area contributed by atoms with Gasteiger partial charge in [0.1, 0.15) is 29.7 Å². The normalized spacial score (nSPS) is 47.9. The number of fused-ring (bicyclic) bond motifs is 1. The number of rotatable bonds is 11. The van der Waals surface area contributed by atoms with Gasteiger partial charge in [-0.05, 0) is 66.3 Å². The lowest BCUT2D eigenvalue weighted by atomic mass is 9.75. The molecular weight excluding hydrogens is 738 g/mol. The first-order valence-corrected chi connectivity index (χ1v) is 21.4. The molecule has 4 rings (SSSR count). The molecule has 4 fully saturated rings. The van der Waals surface area contributed by atoms with Crippen molar-refractivity contribution in [2.24, 2.45) is 35.0 Å². The molecule has 0 spiro atoms. The summed E-state index contributed by atoms with van der Waals surface area (Å²) in [5.74, 6) is -5.52. The zero-order valence-corrected chi connectivity index (χ0v) is 37.1. The molecule has 19 atom stereocenters. The molecule has 3 aliphatic heterocycles. The third-order valence-electron chi connectivity index (χ3n) is 14.0. The van der Waals surface area contributed by atoms with Gasteiger partial charge >= 0.3 is 5.97 Å². The molecule has 0 bridgehead atoms. The quantitative estimate of drug-likeness (QED) is 0.190. The number of aliphatic hydroxyl groups is 5. The maximum Gasteiger partial charge on any atom is 0.311 e. The Morgan fingerprint density at radius 2 is 1.54 bits per heavy atom. The first-order valence-electron chi connectivity index (χ1n) is 21.4. The van der Waals surface area contributed by atoms with Crippen LogP contribution < -0.4 is 0 Å². The summed E-state index contributed by atoms with van der Waals surface area (Å²) in [5, 5.41) is 58.5. The number of carbonyl (C=O) groups excluding carboxylic acids is 2. The summed E-state index contributed by atoms with van der Waals surface area (Å²) in [6.45, 7) is 22.5. The van der Waals surface area contributed by atoms with Crippen LogP contribution >= 0.6 is 0 Å². The van der Waals surface area contributed by atoms with Crippen molar-refractivity contribution in [1.82, 2.24) is 4.90 Å². The summed E-state index contributed by atoms with van der Waals surface area (Å²) >= 11 is 0. The monoisotopic (exact) mass is 816 g/mol. The van der Waals surface area contributed by atoms with Gasteiger partial charge in [-0.1, -0.05) is 61.3 Å². The fourth-order valence-corrected chi connectivity index (χ4v) is 10.1. The predicted molar refractivity (Wildman–Crippen MR) is 212 cm³/mol. The summed E-state index contributed by atoms with van der Waals surface area (Å²) in [4.78, 5) is 30.2. The number of aliphatic hydroxyl groups excluding tert-OH is 3. The maximum atomic E-state index is 14.1. The van der Waals surface area contributed by atoms with Gasteiger partial charge in [0.15, 0.2) is 12.6 Å². The number of esters is 1. The fraction of sp³-hybridized carbons (Fsp3) is 0.953. The van der Waals surface area contributed by atoms with Crippen LogP contribution in [0.4, 0.5) is 0 Å². The van der Waals surface area contributed by atoms with E-state index in [1.165, 1.54) is 14.0 Å². The summed E-state index contributed by atoms with van der Waals surface area (Å²) in [7, 11) is 3.49.